The summed E-state index contributed by atoms with van der Waals surface area (Å²) in [5.41, 5.74) is 3.82. The lowest BCUT2D eigenvalue weighted by Crippen LogP contribution is -2.48. The molecule has 9 heteroatoms. The van der Waals surface area contributed by atoms with Gasteiger partial charge < -0.3 is 25.0 Å². The molecule has 0 bridgehead atoms. The molecular weight excluding hydrogens is 583 g/mol. The molecule has 0 aliphatic carbocycles. The van der Waals surface area contributed by atoms with Gasteiger partial charge in [0.25, 0.3) is 5.91 Å². The van der Waals surface area contributed by atoms with Crippen LogP contribution in [0, 0.1) is 5.82 Å². The van der Waals surface area contributed by atoms with Gasteiger partial charge in [0.2, 0.25) is 0 Å². The monoisotopic (exact) mass is 632 g/mol. The zero-order valence-electron chi connectivity index (χ0n) is 27.3. The van der Waals surface area contributed by atoms with Gasteiger partial charge in [0.05, 0.1) is 6.61 Å². The van der Waals surface area contributed by atoms with Crippen LogP contribution >= 0.6 is 0 Å². The van der Waals surface area contributed by atoms with Crippen LogP contribution < -0.4 is 5.32 Å². The smallest absolute Gasteiger partial charge is 0.305 e. The van der Waals surface area contributed by atoms with E-state index in [0.717, 1.165) is 81.9 Å². The van der Waals surface area contributed by atoms with E-state index in [4.69, 9.17) is 4.74 Å². The number of nitrogens with zero attached hydrogens (tertiary/aromatic N) is 3. The van der Waals surface area contributed by atoms with E-state index >= 15 is 0 Å². The number of phenols is 1. The molecule has 2 fully saturated rings. The number of benzene rings is 3. The van der Waals surface area contributed by atoms with Crippen LogP contribution in [0.5, 0.6) is 5.75 Å². The van der Waals surface area contributed by atoms with Crippen LogP contribution in [0.2, 0.25) is 0 Å². The molecule has 3 aromatic carbocycles. The van der Waals surface area contributed by atoms with Gasteiger partial charge in [0, 0.05) is 63.8 Å². The molecule has 0 radical (unpaired) electrons. The number of ether oxygens (including phenoxy) is 1. The molecule has 2 N–H and O–H groups in total. The molecule has 1 atom stereocenters. The molecule has 8 nitrogen and oxygen atoms in total. The highest BCUT2D eigenvalue weighted by Gasteiger charge is 2.21. The molecule has 3 aromatic rings. The third kappa shape index (κ3) is 11.9. The Morgan fingerprint density at radius 3 is 2.43 bits per heavy atom. The van der Waals surface area contributed by atoms with E-state index in [0.29, 0.717) is 37.6 Å². The van der Waals surface area contributed by atoms with Crippen molar-refractivity contribution >= 4 is 11.9 Å². The summed E-state index contributed by atoms with van der Waals surface area (Å²) in [6, 6.07) is 22.4. The molecule has 248 valence electrons. The second-order valence-corrected chi connectivity index (χ2v) is 12.2. The third-order valence-electron chi connectivity index (χ3n) is 8.28. The Balaban J connectivity index is 0.000000266. The first-order valence-electron chi connectivity index (χ1n) is 16.5. The van der Waals surface area contributed by atoms with Crippen LogP contribution in [0.4, 0.5) is 4.39 Å². The number of carbonyl (C=O) groups is 2. The van der Waals surface area contributed by atoms with Crippen LogP contribution in [0.1, 0.15) is 60.2 Å². The number of amides is 1. The van der Waals surface area contributed by atoms with Crippen LogP contribution in [-0.2, 0) is 22.5 Å². The lowest BCUT2D eigenvalue weighted by Gasteiger charge is -2.31. The number of piperazine rings is 1. The number of carbonyl (C=O) groups excluding carboxylic acids is 2. The van der Waals surface area contributed by atoms with Gasteiger partial charge >= 0.3 is 5.97 Å². The first kappa shape index (κ1) is 35.1. The van der Waals surface area contributed by atoms with E-state index in [1.165, 1.54) is 6.07 Å². The molecule has 0 saturated carbocycles. The number of aromatic hydroxyl groups is 1. The van der Waals surface area contributed by atoms with Crippen molar-refractivity contribution in [2.75, 3.05) is 59.0 Å². The zero-order chi connectivity index (χ0) is 32.7. The Morgan fingerprint density at radius 2 is 1.67 bits per heavy atom. The van der Waals surface area contributed by atoms with Crippen LogP contribution in [0.15, 0.2) is 72.8 Å². The number of hydrogen-bond acceptors (Lipinski definition) is 7. The van der Waals surface area contributed by atoms with E-state index < -0.39 is 0 Å². The Hall–Kier alpha value is -3.79. The van der Waals surface area contributed by atoms with Gasteiger partial charge in [-0.25, -0.2) is 4.39 Å². The van der Waals surface area contributed by atoms with Crippen molar-refractivity contribution in [3.05, 3.63) is 101 Å². The fourth-order valence-electron chi connectivity index (χ4n) is 6.03. The number of rotatable bonds is 10. The molecule has 0 spiro atoms. The Labute approximate surface area is 273 Å². The first-order chi connectivity index (χ1) is 22.3. The fourth-order valence-corrected chi connectivity index (χ4v) is 6.03. The summed E-state index contributed by atoms with van der Waals surface area (Å²) < 4.78 is 18.0. The van der Waals surface area contributed by atoms with Gasteiger partial charge in [-0.3, -0.25) is 14.5 Å². The van der Waals surface area contributed by atoms with Crippen molar-refractivity contribution in [2.45, 2.75) is 52.1 Å². The van der Waals surface area contributed by atoms with Crippen molar-refractivity contribution in [3.8, 4) is 5.75 Å². The van der Waals surface area contributed by atoms with Gasteiger partial charge in [0.1, 0.15) is 11.6 Å². The molecule has 5 rings (SSSR count). The molecular formula is C37H49FN4O4. The predicted octanol–water partition coefficient (Wildman–Crippen LogP) is 5.09. The lowest BCUT2D eigenvalue weighted by atomic mass is 10.0. The summed E-state index contributed by atoms with van der Waals surface area (Å²) in [5, 5.41) is 13.1. The third-order valence-corrected chi connectivity index (χ3v) is 8.28. The number of phenolic OH excluding ortho intramolecular Hbond substituents is 1. The maximum atomic E-state index is 13.1. The summed E-state index contributed by atoms with van der Waals surface area (Å²) in [5.74, 6) is 0.0302. The average molecular weight is 633 g/mol. The zero-order valence-corrected chi connectivity index (χ0v) is 27.3. The molecule has 2 aliphatic rings. The van der Waals surface area contributed by atoms with Gasteiger partial charge in [-0.2, -0.15) is 0 Å². The topological polar surface area (TPSA) is 85.4 Å². The Bertz CT molecular complexity index is 1400. The maximum absolute atomic E-state index is 13.1. The standard InChI is InChI=1S/C25H32N2O4.C12H17FN2/c1-2-31-24(29)11-5-12-26-13-6-14-27(16-15-26)25(30)22-9-3-7-20(18-22)17-21-8-4-10-23(28)19-21;1-10-8-15(6-5-14-10)9-11-3-2-4-12(13)7-11/h3-4,7-10,18-19,28H,2,5-6,11-17H2,1H3;2-4,7,10,14H,5-6,8-9H2,1H3. The predicted molar refractivity (Wildman–Crippen MR) is 179 cm³/mol. The summed E-state index contributed by atoms with van der Waals surface area (Å²) in [6.45, 7) is 12.4. The quantitative estimate of drug-likeness (QED) is 0.301. The molecule has 1 unspecified atom stereocenters. The highest BCUT2D eigenvalue weighted by atomic mass is 19.1. The second-order valence-electron chi connectivity index (χ2n) is 12.2. The number of nitrogens with one attached hydrogen (secondary N) is 1. The van der Waals surface area contributed by atoms with E-state index in [9.17, 15) is 19.1 Å². The van der Waals surface area contributed by atoms with Crippen molar-refractivity contribution < 1.29 is 23.8 Å². The molecule has 2 saturated heterocycles. The largest absolute Gasteiger partial charge is 0.508 e. The lowest BCUT2D eigenvalue weighted by molar-refractivity contribution is -0.143. The maximum Gasteiger partial charge on any atom is 0.305 e. The average Bonchev–Trinajstić information content (AvgIpc) is 3.27. The van der Waals surface area contributed by atoms with Crippen molar-refractivity contribution in [1.82, 2.24) is 20.0 Å². The van der Waals surface area contributed by atoms with Crippen LogP contribution in [0.3, 0.4) is 0 Å². The molecule has 0 aromatic heterocycles. The van der Waals surface area contributed by atoms with E-state index in [2.05, 4.69) is 22.0 Å². The number of hydrogen-bond donors (Lipinski definition) is 2. The summed E-state index contributed by atoms with van der Waals surface area (Å²) >= 11 is 0. The molecule has 2 aliphatic heterocycles. The minimum Gasteiger partial charge on any atom is -0.508 e. The van der Waals surface area contributed by atoms with Crippen LogP contribution in [-0.4, -0.2) is 96.7 Å². The van der Waals surface area contributed by atoms with Crippen LogP contribution in [0.25, 0.3) is 0 Å². The number of esters is 1. The second kappa shape index (κ2) is 18.4. The van der Waals surface area contributed by atoms with Gasteiger partial charge in [0.15, 0.2) is 0 Å². The minimum absolute atomic E-state index is 0.0612. The fraction of sp³-hybridized carbons (Fsp3) is 0.459. The summed E-state index contributed by atoms with van der Waals surface area (Å²) in [6.07, 6.45) is 2.82. The highest BCUT2D eigenvalue weighted by molar-refractivity contribution is 5.94. The first-order valence-corrected chi connectivity index (χ1v) is 16.5. The van der Waals surface area contributed by atoms with Gasteiger partial charge in [-0.15, -0.1) is 0 Å². The normalized spacial score (nSPS) is 17.5. The Morgan fingerprint density at radius 1 is 0.913 bits per heavy atom. The van der Waals surface area contributed by atoms with Crippen molar-refractivity contribution in [2.24, 2.45) is 0 Å². The SMILES string of the molecule is CC1CN(Cc2cccc(F)c2)CCN1.CCOC(=O)CCCN1CCCN(C(=O)c2cccc(Cc3cccc(O)c3)c2)CC1. The van der Waals surface area contributed by atoms with Gasteiger partial charge in [-0.1, -0.05) is 36.4 Å². The van der Waals surface area contributed by atoms with Crippen molar-refractivity contribution in [1.29, 1.82) is 0 Å². The van der Waals surface area contributed by atoms with E-state index in [1.807, 2.05) is 54.3 Å². The highest BCUT2D eigenvalue weighted by Crippen LogP contribution is 2.18. The van der Waals surface area contributed by atoms with E-state index in [1.54, 1.807) is 24.3 Å². The molecule has 46 heavy (non-hydrogen) atoms. The number of halogens is 1. The molecule has 2 heterocycles. The summed E-state index contributed by atoms with van der Waals surface area (Å²) in [4.78, 5) is 31.2. The molecule has 1 amide bonds. The summed E-state index contributed by atoms with van der Waals surface area (Å²) in [7, 11) is 0. The van der Waals surface area contributed by atoms with Crippen molar-refractivity contribution in [3.63, 3.8) is 0 Å². The minimum atomic E-state index is -0.143. The Kier molecular flexibility index (Phi) is 14.0. The van der Waals surface area contributed by atoms with E-state index in [-0.39, 0.29) is 23.4 Å². The van der Waals surface area contributed by atoms with Gasteiger partial charge in [-0.05, 0) is 99.3 Å².